The number of aryl methyl sites for hydroxylation is 1. The van der Waals surface area contributed by atoms with Crippen LogP contribution in [0.4, 0.5) is 11.4 Å². The number of benzene rings is 2. The Morgan fingerprint density at radius 3 is 2.37 bits per heavy atom. The largest absolute Gasteiger partial charge is 0.384 e. The van der Waals surface area contributed by atoms with Gasteiger partial charge in [-0.3, -0.25) is 15.0 Å². The molecule has 3 rings (SSSR count). The molecule has 2 unspecified atom stereocenters. The van der Waals surface area contributed by atoms with Crippen molar-refractivity contribution in [1.82, 2.24) is 0 Å². The van der Waals surface area contributed by atoms with Gasteiger partial charge >= 0.3 is 0 Å². The van der Waals surface area contributed by atoms with Crippen molar-refractivity contribution >= 4 is 38.9 Å². The van der Waals surface area contributed by atoms with E-state index in [1.807, 2.05) is 6.92 Å². The van der Waals surface area contributed by atoms with E-state index in [9.17, 15) is 23.1 Å². The van der Waals surface area contributed by atoms with Crippen LogP contribution in [0.3, 0.4) is 0 Å². The highest BCUT2D eigenvalue weighted by Crippen LogP contribution is 2.25. The number of rotatable bonds is 5. The number of nitrogens with zero attached hydrogens (tertiary/aromatic N) is 1. The highest BCUT2D eigenvalue weighted by Gasteiger charge is 2.48. The molecule has 0 aromatic heterocycles. The lowest BCUT2D eigenvalue weighted by Gasteiger charge is -2.33. The minimum Gasteiger partial charge on any atom is -0.384 e. The van der Waals surface area contributed by atoms with Crippen molar-refractivity contribution in [3.05, 3.63) is 59.7 Å². The summed E-state index contributed by atoms with van der Waals surface area (Å²) in [4.78, 5) is 26.7. The Kier molecular flexibility index (Phi) is 5.90. The van der Waals surface area contributed by atoms with Gasteiger partial charge in [-0.1, -0.05) is 17.7 Å². The molecule has 0 radical (unpaired) electrons. The first-order valence-electron chi connectivity index (χ1n) is 9.13. The monoisotopic (exact) mass is 430 g/mol. The van der Waals surface area contributed by atoms with E-state index < -0.39 is 33.0 Å². The first-order chi connectivity index (χ1) is 14.1. The lowest BCUT2D eigenvalue weighted by atomic mass is 10.1. The lowest BCUT2D eigenvalue weighted by molar-refractivity contribution is -0.129. The molecule has 1 aliphatic rings. The van der Waals surface area contributed by atoms with Gasteiger partial charge in [-0.15, -0.1) is 0 Å². The summed E-state index contributed by atoms with van der Waals surface area (Å²) in [6.45, 7) is 1.83. The minimum absolute atomic E-state index is 0.0540. The molecule has 1 saturated heterocycles. The van der Waals surface area contributed by atoms with Crippen LogP contribution in [0.1, 0.15) is 11.1 Å². The summed E-state index contributed by atoms with van der Waals surface area (Å²) in [5.41, 5.74) is 7.55. The third-order valence-electron chi connectivity index (χ3n) is 4.86. The summed E-state index contributed by atoms with van der Waals surface area (Å²) in [6, 6.07) is 12.8. The highest BCUT2D eigenvalue weighted by atomic mass is 32.2. The van der Waals surface area contributed by atoms with E-state index in [1.165, 1.54) is 29.2 Å². The topological polar surface area (TPSA) is 154 Å². The number of nitrogen functional groups attached to an aromatic ring is 1. The molecule has 10 heteroatoms. The van der Waals surface area contributed by atoms with E-state index >= 15 is 0 Å². The number of aliphatic hydroxyl groups is 1. The van der Waals surface area contributed by atoms with Crippen molar-refractivity contribution in [3.63, 3.8) is 0 Å². The van der Waals surface area contributed by atoms with Crippen LogP contribution in [0.25, 0.3) is 0 Å². The van der Waals surface area contributed by atoms with E-state index in [0.29, 0.717) is 11.3 Å². The fourth-order valence-electron chi connectivity index (χ4n) is 3.16. The van der Waals surface area contributed by atoms with Crippen molar-refractivity contribution in [2.75, 3.05) is 22.5 Å². The Morgan fingerprint density at radius 1 is 1.20 bits per heavy atom. The van der Waals surface area contributed by atoms with Crippen LogP contribution >= 0.6 is 0 Å². The average Bonchev–Trinajstić information content (AvgIpc) is 2.69. The predicted octanol–water partition coefficient (Wildman–Crippen LogP) is 0.409. The van der Waals surface area contributed by atoms with Crippen LogP contribution in [-0.4, -0.2) is 54.8 Å². The second-order valence-corrected chi connectivity index (χ2v) is 9.28. The maximum atomic E-state index is 12.9. The molecule has 1 aliphatic heterocycles. The lowest BCUT2D eigenvalue weighted by Crippen LogP contribution is -2.58. The van der Waals surface area contributed by atoms with E-state index in [1.54, 1.807) is 24.3 Å². The van der Waals surface area contributed by atoms with Gasteiger partial charge in [0, 0.05) is 23.5 Å². The van der Waals surface area contributed by atoms with Crippen molar-refractivity contribution in [1.29, 1.82) is 5.41 Å². The van der Waals surface area contributed by atoms with Gasteiger partial charge in [0.2, 0.25) is 5.91 Å². The third kappa shape index (κ3) is 4.34. The Labute approximate surface area is 173 Å². The fourth-order valence-corrected chi connectivity index (χ4v) is 4.80. The van der Waals surface area contributed by atoms with E-state index in [0.717, 1.165) is 5.56 Å². The van der Waals surface area contributed by atoms with Crippen molar-refractivity contribution < 1.29 is 23.1 Å². The first kappa shape index (κ1) is 21.5. The molecule has 2 aromatic rings. The van der Waals surface area contributed by atoms with Gasteiger partial charge in [-0.2, -0.15) is 0 Å². The molecule has 2 atom stereocenters. The van der Waals surface area contributed by atoms with Crippen LogP contribution in [0.5, 0.6) is 0 Å². The molecule has 158 valence electrons. The van der Waals surface area contributed by atoms with Gasteiger partial charge in [0.1, 0.15) is 5.84 Å². The van der Waals surface area contributed by atoms with Crippen molar-refractivity contribution in [3.8, 4) is 0 Å². The predicted molar refractivity (Wildman–Crippen MR) is 113 cm³/mol. The summed E-state index contributed by atoms with van der Waals surface area (Å²) in [5, 5.41) is 18.3. The van der Waals surface area contributed by atoms with Gasteiger partial charge < -0.3 is 21.1 Å². The van der Waals surface area contributed by atoms with E-state index in [4.69, 9.17) is 11.1 Å². The molecule has 1 heterocycles. The fraction of sp³-hybridized carbons (Fsp3) is 0.250. The second-order valence-electron chi connectivity index (χ2n) is 7.04. The molecule has 2 amide bonds. The molecule has 0 bridgehead atoms. The SMILES string of the molecule is Cc1ccc(N2CCS(=O)(=O)C(C(O)C(=O)Nc3ccc(C(=N)N)cc3)C2=O)cc1. The van der Waals surface area contributed by atoms with E-state index in [2.05, 4.69) is 5.32 Å². The maximum absolute atomic E-state index is 12.9. The zero-order chi connectivity index (χ0) is 22.1. The molecule has 9 nitrogen and oxygen atoms in total. The Morgan fingerprint density at radius 2 is 1.80 bits per heavy atom. The van der Waals surface area contributed by atoms with Crippen LogP contribution in [0.2, 0.25) is 0 Å². The van der Waals surface area contributed by atoms with Gasteiger partial charge in [0.25, 0.3) is 5.91 Å². The zero-order valence-corrected chi connectivity index (χ0v) is 17.0. The molecule has 2 aromatic carbocycles. The molecule has 1 fully saturated rings. The van der Waals surface area contributed by atoms with Crippen LogP contribution in [-0.2, 0) is 19.4 Å². The summed E-state index contributed by atoms with van der Waals surface area (Å²) < 4.78 is 25.0. The quantitative estimate of drug-likeness (QED) is 0.398. The minimum atomic E-state index is -4.02. The van der Waals surface area contributed by atoms with Crippen LogP contribution < -0.4 is 16.0 Å². The number of amidine groups is 1. The number of hydrogen-bond acceptors (Lipinski definition) is 6. The molecular formula is C20H22N4O5S. The van der Waals surface area contributed by atoms with Gasteiger partial charge in [-0.25, -0.2) is 8.42 Å². The number of nitrogens with two attached hydrogens (primary N) is 1. The number of carbonyl (C=O) groups is 2. The number of anilines is 2. The molecular weight excluding hydrogens is 408 g/mol. The second kappa shape index (κ2) is 8.25. The van der Waals surface area contributed by atoms with Crippen LogP contribution in [0, 0.1) is 12.3 Å². The van der Waals surface area contributed by atoms with Crippen molar-refractivity contribution in [2.45, 2.75) is 18.3 Å². The summed E-state index contributed by atoms with van der Waals surface area (Å²) in [6.07, 6.45) is -2.08. The number of sulfone groups is 1. The third-order valence-corrected chi connectivity index (χ3v) is 6.85. The van der Waals surface area contributed by atoms with Gasteiger partial charge in [-0.05, 0) is 43.3 Å². The summed E-state index contributed by atoms with van der Waals surface area (Å²) in [7, 11) is -4.02. The number of nitrogens with one attached hydrogen (secondary N) is 2. The standard InChI is InChI=1S/C20H22N4O5S/c1-12-2-8-15(9-3-12)24-10-11-30(28,29)17(20(24)27)16(25)19(26)23-14-6-4-13(5-7-14)18(21)22/h2-9,16-17,25H,10-11H2,1H3,(H3,21,22)(H,23,26). The maximum Gasteiger partial charge on any atom is 0.255 e. The smallest absolute Gasteiger partial charge is 0.255 e. The molecule has 0 aliphatic carbocycles. The molecule has 5 N–H and O–H groups in total. The molecule has 0 saturated carbocycles. The number of aliphatic hydroxyl groups excluding tert-OH is 1. The van der Waals surface area contributed by atoms with Crippen LogP contribution in [0.15, 0.2) is 48.5 Å². The number of amides is 2. The first-order valence-corrected chi connectivity index (χ1v) is 10.8. The average molecular weight is 430 g/mol. The number of carbonyl (C=O) groups excluding carboxylic acids is 2. The summed E-state index contributed by atoms with van der Waals surface area (Å²) in [5.74, 6) is -2.38. The van der Waals surface area contributed by atoms with Gasteiger partial charge in [0.05, 0.1) is 5.75 Å². The Balaban J connectivity index is 1.81. The highest BCUT2D eigenvalue weighted by molar-refractivity contribution is 7.93. The molecule has 30 heavy (non-hydrogen) atoms. The van der Waals surface area contributed by atoms with E-state index in [-0.39, 0.29) is 23.8 Å². The Bertz CT molecular complexity index is 1080. The summed E-state index contributed by atoms with van der Waals surface area (Å²) >= 11 is 0. The normalized spacial score (nSPS) is 19.2. The number of hydrogen-bond donors (Lipinski definition) is 4. The van der Waals surface area contributed by atoms with Crippen molar-refractivity contribution in [2.24, 2.45) is 5.73 Å². The Hall–Kier alpha value is -3.24. The van der Waals surface area contributed by atoms with Gasteiger partial charge in [0.15, 0.2) is 21.2 Å². The zero-order valence-electron chi connectivity index (χ0n) is 16.2. The molecule has 0 spiro atoms.